The van der Waals surface area contributed by atoms with Crippen molar-refractivity contribution in [2.24, 2.45) is 0 Å². The van der Waals surface area contributed by atoms with E-state index in [4.69, 9.17) is 16.3 Å². The molecule has 8 heteroatoms. The first-order valence-corrected chi connectivity index (χ1v) is 8.64. The third-order valence-corrected chi connectivity index (χ3v) is 4.37. The molecule has 2 aromatic carbocycles. The van der Waals surface area contributed by atoms with E-state index in [9.17, 15) is 17.6 Å². The van der Waals surface area contributed by atoms with Gasteiger partial charge in [0, 0.05) is 11.3 Å². The molecule has 122 valence electrons. The molecule has 0 spiro atoms. The maximum absolute atomic E-state index is 13.8. The summed E-state index contributed by atoms with van der Waals surface area (Å²) in [6.45, 7) is 0. The zero-order valence-electron chi connectivity index (χ0n) is 12.3. The Kier molecular flexibility index (Phi) is 4.91. The third kappa shape index (κ3) is 4.00. The average Bonchev–Trinajstić information content (AvgIpc) is 2.48. The fraction of sp³-hybridized carbons (Fsp3) is 0.133. The lowest BCUT2D eigenvalue weighted by Crippen LogP contribution is -2.14. The predicted molar refractivity (Wildman–Crippen MR) is 85.5 cm³/mol. The molecule has 0 aliphatic rings. The van der Waals surface area contributed by atoms with Gasteiger partial charge in [0.1, 0.15) is 11.6 Å². The lowest BCUT2D eigenvalue weighted by Gasteiger charge is -2.11. The number of benzene rings is 2. The molecule has 0 atom stereocenters. The Morgan fingerprint density at radius 1 is 1.22 bits per heavy atom. The predicted octanol–water partition coefficient (Wildman–Crippen LogP) is 3.14. The van der Waals surface area contributed by atoms with Gasteiger partial charge in [-0.25, -0.2) is 12.8 Å². The van der Waals surface area contributed by atoms with Gasteiger partial charge in [-0.3, -0.25) is 4.79 Å². The van der Waals surface area contributed by atoms with Gasteiger partial charge in [0.05, 0.1) is 23.3 Å². The van der Waals surface area contributed by atoms with Crippen molar-refractivity contribution in [3.05, 3.63) is 52.8 Å². The van der Waals surface area contributed by atoms with Crippen molar-refractivity contribution in [3.8, 4) is 5.75 Å². The highest BCUT2D eigenvalue weighted by Crippen LogP contribution is 2.25. The first-order valence-electron chi connectivity index (χ1n) is 6.37. The standard InChI is InChI=1S/C15H13ClFNO4S/c1-22-14-6-3-9(16)7-11(14)15(19)18-13-8-10(23(2,20)21)4-5-12(13)17/h3-8H,1-2H3,(H,18,19). The summed E-state index contributed by atoms with van der Waals surface area (Å²) in [7, 11) is -2.15. The van der Waals surface area contributed by atoms with E-state index in [2.05, 4.69) is 5.32 Å². The minimum atomic E-state index is -3.53. The first-order chi connectivity index (χ1) is 10.7. The molecule has 1 N–H and O–H groups in total. The number of hydrogen-bond donors (Lipinski definition) is 1. The molecule has 0 aliphatic carbocycles. The molecule has 0 fully saturated rings. The van der Waals surface area contributed by atoms with Gasteiger partial charge in [-0.1, -0.05) is 11.6 Å². The van der Waals surface area contributed by atoms with Gasteiger partial charge in [-0.05, 0) is 36.4 Å². The zero-order valence-corrected chi connectivity index (χ0v) is 13.8. The number of hydrogen-bond acceptors (Lipinski definition) is 4. The van der Waals surface area contributed by atoms with E-state index in [1.54, 1.807) is 6.07 Å². The number of carbonyl (C=O) groups excluding carboxylic acids is 1. The maximum Gasteiger partial charge on any atom is 0.259 e. The van der Waals surface area contributed by atoms with Crippen LogP contribution in [-0.4, -0.2) is 27.7 Å². The summed E-state index contributed by atoms with van der Waals surface area (Å²) < 4.78 is 41.9. The second kappa shape index (κ2) is 6.55. The van der Waals surface area contributed by atoms with E-state index >= 15 is 0 Å². The van der Waals surface area contributed by atoms with Gasteiger partial charge in [-0.15, -0.1) is 0 Å². The maximum atomic E-state index is 13.8. The number of halogens is 2. The molecule has 0 saturated carbocycles. The SMILES string of the molecule is COc1ccc(Cl)cc1C(=O)Nc1cc(S(C)(=O)=O)ccc1F. The van der Waals surface area contributed by atoms with E-state index in [1.807, 2.05) is 0 Å². The van der Waals surface area contributed by atoms with Crippen LogP contribution in [0.3, 0.4) is 0 Å². The Labute approximate surface area is 138 Å². The van der Waals surface area contributed by atoms with Gasteiger partial charge < -0.3 is 10.1 Å². The number of ether oxygens (including phenoxy) is 1. The smallest absolute Gasteiger partial charge is 0.259 e. The summed E-state index contributed by atoms with van der Waals surface area (Å²) in [6.07, 6.45) is 0.992. The van der Waals surface area contributed by atoms with Crippen molar-refractivity contribution < 1.29 is 22.3 Å². The summed E-state index contributed by atoms with van der Waals surface area (Å²) in [5.74, 6) is -1.17. The fourth-order valence-corrected chi connectivity index (χ4v) is 2.70. The Hall–Kier alpha value is -2.12. The average molecular weight is 358 g/mol. The molecule has 0 heterocycles. The summed E-state index contributed by atoms with van der Waals surface area (Å²) in [6, 6.07) is 7.57. The molecule has 23 heavy (non-hydrogen) atoms. The van der Waals surface area contributed by atoms with Crippen LogP contribution in [0.1, 0.15) is 10.4 Å². The summed E-state index contributed by atoms with van der Waals surface area (Å²) in [5, 5.41) is 2.63. The lowest BCUT2D eigenvalue weighted by molar-refractivity contribution is 0.102. The van der Waals surface area contributed by atoms with E-state index in [1.165, 1.54) is 19.2 Å². The topological polar surface area (TPSA) is 72.5 Å². The third-order valence-electron chi connectivity index (χ3n) is 3.02. The number of sulfone groups is 1. The van der Waals surface area contributed by atoms with Crippen molar-refractivity contribution in [1.82, 2.24) is 0 Å². The molecule has 0 aliphatic heterocycles. The van der Waals surface area contributed by atoms with Gasteiger partial charge in [-0.2, -0.15) is 0 Å². The monoisotopic (exact) mass is 357 g/mol. The second-order valence-corrected chi connectivity index (χ2v) is 7.16. The zero-order chi connectivity index (χ0) is 17.2. The Bertz CT molecular complexity index is 868. The van der Waals surface area contributed by atoms with Crippen molar-refractivity contribution in [2.75, 3.05) is 18.7 Å². The molecule has 0 aromatic heterocycles. The molecular weight excluding hydrogens is 345 g/mol. The number of nitrogens with one attached hydrogen (secondary N) is 1. The van der Waals surface area contributed by atoms with Crippen LogP contribution in [0, 0.1) is 5.82 Å². The summed E-state index contributed by atoms with van der Waals surface area (Å²) >= 11 is 5.85. The number of methoxy groups -OCH3 is 1. The van der Waals surface area contributed by atoms with Crippen molar-refractivity contribution in [3.63, 3.8) is 0 Å². The number of amides is 1. The van der Waals surface area contributed by atoms with Crippen LogP contribution in [-0.2, 0) is 9.84 Å². The molecular formula is C15H13ClFNO4S. The molecule has 2 aromatic rings. The van der Waals surface area contributed by atoms with Crippen LogP contribution in [0.4, 0.5) is 10.1 Å². The van der Waals surface area contributed by atoms with Gasteiger partial charge in [0.15, 0.2) is 9.84 Å². The van der Waals surface area contributed by atoms with E-state index < -0.39 is 21.6 Å². The van der Waals surface area contributed by atoms with E-state index in [0.717, 1.165) is 24.5 Å². The van der Waals surface area contributed by atoms with Gasteiger partial charge in [0.25, 0.3) is 5.91 Å². The number of anilines is 1. The molecule has 1 amide bonds. The lowest BCUT2D eigenvalue weighted by atomic mass is 10.2. The number of carbonyl (C=O) groups is 1. The normalized spacial score (nSPS) is 11.1. The minimum absolute atomic E-state index is 0.101. The molecule has 0 unspecified atom stereocenters. The van der Waals surface area contributed by atoms with Crippen LogP contribution in [0.2, 0.25) is 5.02 Å². The van der Waals surface area contributed by atoms with Crippen LogP contribution < -0.4 is 10.1 Å². The minimum Gasteiger partial charge on any atom is -0.496 e. The Balaban J connectivity index is 2.40. The molecule has 0 radical (unpaired) electrons. The largest absolute Gasteiger partial charge is 0.496 e. The van der Waals surface area contributed by atoms with Gasteiger partial charge >= 0.3 is 0 Å². The molecule has 0 bridgehead atoms. The van der Waals surface area contributed by atoms with Crippen LogP contribution in [0.25, 0.3) is 0 Å². The molecule has 0 saturated heterocycles. The highest BCUT2D eigenvalue weighted by atomic mass is 35.5. The van der Waals surface area contributed by atoms with Crippen LogP contribution in [0.5, 0.6) is 5.75 Å². The first kappa shape index (κ1) is 17.2. The molecule has 5 nitrogen and oxygen atoms in total. The second-order valence-electron chi connectivity index (χ2n) is 4.71. The highest BCUT2D eigenvalue weighted by Gasteiger charge is 2.17. The van der Waals surface area contributed by atoms with Crippen LogP contribution >= 0.6 is 11.6 Å². The fourth-order valence-electron chi connectivity index (χ4n) is 1.88. The highest BCUT2D eigenvalue weighted by molar-refractivity contribution is 7.90. The molecule has 2 rings (SSSR count). The Morgan fingerprint density at radius 2 is 1.91 bits per heavy atom. The summed E-state index contributed by atoms with van der Waals surface area (Å²) in [5.41, 5.74) is -0.149. The number of rotatable bonds is 4. The van der Waals surface area contributed by atoms with Gasteiger partial charge in [0.2, 0.25) is 0 Å². The van der Waals surface area contributed by atoms with Crippen molar-refractivity contribution >= 4 is 33.0 Å². The van der Waals surface area contributed by atoms with Crippen LogP contribution in [0.15, 0.2) is 41.3 Å². The van der Waals surface area contributed by atoms with Crippen molar-refractivity contribution in [1.29, 1.82) is 0 Å². The van der Waals surface area contributed by atoms with E-state index in [-0.39, 0.29) is 21.9 Å². The summed E-state index contributed by atoms with van der Waals surface area (Å²) in [4.78, 5) is 12.2. The van der Waals surface area contributed by atoms with Crippen molar-refractivity contribution in [2.45, 2.75) is 4.90 Å². The Morgan fingerprint density at radius 3 is 2.52 bits per heavy atom. The van der Waals surface area contributed by atoms with E-state index in [0.29, 0.717) is 5.02 Å². The quantitative estimate of drug-likeness (QED) is 0.853.